The van der Waals surface area contributed by atoms with Crippen molar-refractivity contribution in [2.75, 3.05) is 39.6 Å². The molecule has 3 rings (SSSR count). The van der Waals surface area contributed by atoms with Crippen LogP contribution in [-0.2, 0) is 0 Å². The number of hydrogen-bond donors (Lipinski definition) is 4. The normalized spacial score (nSPS) is 18.5. The molecule has 198 valence electrons. The molecule has 0 aliphatic heterocycles. The maximum Gasteiger partial charge on any atom is 0.152 e. The summed E-state index contributed by atoms with van der Waals surface area (Å²) in [5, 5.41) is 6.04. The number of nitrogens with one attached hydrogen (secondary N) is 3. The van der Waals surface area contributed by atoms with Crippen LogP contribution in [0.2, 0.25) is 0 Å². The molecule has 0 heterocycles. The number of anilines is 1. The molecule has 2 atom stereocenters. The van der Waals surface area contributed by atoms with Gasteiger partial charge in [-0.15, -0.1) is 0 Å². The standard InChI is InChI=1S/C25H33BN6OS.C2H7N/c1-24(9-10-24)31-34-21-5-6-22(18(13-21)17-33)32(23(26)19(14-27)15-28-2)20(16-29-3)7-8-25(30-4)11-12-25;1-3-2/h5-6,13-15,17,20,23,30-31H,3,9-12,16,27H2,1-2,4H3;3H,1-2H3/b19-14+,28-15?;. The summed E-state index contributed by atoms with van der Waals surface area (Å²) >= 11 is 1.53. The van der Waals surface area contributed by atoms with E-state index < -0.39 is 12.0 Å². The van der Waals surface area contributed by atoms with Crippen LogP contribution in [0.5, 0.6) is 0 Å². The van der Waals surface area contributed by atoms with E-state index in [0.717, 1.165) is 36.9 Å². The lowest BCUT2D eigenvalue weighted by Gasteiger charge is -2.37. The second kappa shape index (κ2) is 14.4. The Kier molecular flexibility index (Phi) is 11.9. The highest BCUT2D eigenvalue weighted by molar-refractivity contribution is 7.97. The third-order valence-corrected chi connectivity index (χ3v) is 7.36. The van der Waals surface area contributed by atoms with Crippen LogP contribution >= 0.6 is 11.9 Å². The number of nitrogens with zero attached hydrogens (tertiary/aromatic N) is 3. The van der Waals surface area contributed by atoms with Gasteiger partial charge in [0, 0.05) is 40.9 Å². The highest BCUT2D eigenvalue weighted by Crippen LogP contribution is 2.38. The lowest BCUT2D eigenvalue weighted by atomic mass is 9.85. The molecule has 2 unspecified atom stereocenters. The van der Waals surface area contributed by atoms with Gasteiger partial charge in [-0.3, -0.25) is 19.5 Å². The van der Waals surface area contributed by atoms with Crippen LogP contribution in [0.1, 0.15) is 43.0 Å². The fourth-order valence-corrected chi connectivity index (χ4v) is 4.44. The number of rotatable bonds is 12. The summed E-state index contributed by atoms with van der Waals surface area (Å²) in [4.78, 5) is 23.2. The average molecular weight is 522 g/mol. The van der Waals surface area contributed by atoms with Gasteiger partial charge in [0.1, 0.15) is 13.9 Å². The summed E-state index contributed by atoms with van der Waals surface area (Å²) in [6, 6.07) is 5.34. The third-order valence-electron chi connectivity index (χ3n) is 6.28. The van der Waals surface area contributed by atoms with Crippen LogP contribution in [0.15, 0.2) is 44.9 Å². The molecule has 0 spiro atoms. The molecule has 8 nitrogen and oxygen atoms in total. The smallest absolute Gasteiger partial charge is 0.152 e. The maximum atomic E-state index is 12.2. The first kappa shape index (κ1) is 30.6. The Morgan fingerprint density at radius 3 is 2.49 bits per heavy atom. The summed E-state index contributed by atoms with van der Waals surface area (Å²) in [6.07, 6.45) is 8.17. The minimum absolute atomic E-state index is 0.168. The molecule has 0 bridgehead atoms. The van der Waals surface area contributed by atoms with Crippen LogP contribution in [0.25, 0.3) is 0 Å². The first-order valence-corrected chi connectivity index (χ1v) is 13.2. The number of nitrogens with two attached hydrogens (primary N) is 1. The van der Waals surface area contributed by atoms with Crippen molar-refractivity contribution in [1.29, 1.82) is 0 Å². The summed E-state index contributed by atoms with van der Waals surface area (Å²) in [5.41, 5.74) is 7.65. The highest BCUT2D eigenvalue weighted by Gasteiger charge is 2.40. The number of benzene rings is 1. The Bertz CT molecular complexity index is 1040. The molecule has 37 heavy (non-hydrogen) atoms. The van der Waals surface area contributed by atoms with Crippen molar-refractivity contribution >= 4 is 44.7 Å². The number of carbonyl (C=O) groups excluding carboxylic acids is 1. The molecule has 0 saturated heterocycles. The van der Waals surface area contributed by atoms with E-state index in [1.54, 1.807) is 13.3 Å². The van der Waals surface area contributed by atoms with E-state index in [4.69, 9.17) is 13.6 Å². The average Bonchev–Trinajstić information content (AvgIpc) is 3.83. The minimum atomic E-state index is -0.694. The van der Waals surface area contributed by atoms with E-state index in [0.29, 0.717) is 23.4 Å². The molecule has 2 aliphatic carbocycles. The predicted octanol–water partition coefficient (Wildman–Crippen LogP) is 2.15. The van der Waals surface area contributed by atoms with Gasteiger partial charge in [-0.25, -0.2) is 0 Å². The Morgan fingerprint density at radius 2 is 2.00 bits per heavy atom. The number of carbonyl (C=O) groups is 1. The lowest BCUT2D eigenvalue weighted by Crippen LogP contribution is -2.47. The second-order valence-corrected chi connectivity index (χ2v) is 10.4. The van der Waals surface area contributed by atoms with Crippen molar-refractivity contribution < 1.29 is 4.79 Å². The van der Waals surface area contributed by atoms with Crippen molar-refractivity contribution in [3.63, 3.8) is 0 Å². The van der Waals surface area contributed by atoms with Crippen LogP contribution in [-0.4, -0.2) is 84.9 Å². The molecule has 5 N–H and O–H groups in total. The lowest BCUT2D eigenvalue weighted by molar-refractivity contribution is 0.112. The van der Waals surface area contributed by atoms with Crippen LogP contribution in [0, 0.1) is 11.8 Å². The molecule has 2 radical (unpaired) electrons. The van der Waals surface area contributed by atoms with E-state index in [9.17, 15) is 4.79 Å². The Labute approximate surface area is 228 Å². The van der Waals surface area contributed by atoms with Crippen molar-refractivity contribution in [2.24, 2.45) is 15.7 Å². The Hall–Kier alpha value is -2.58. The van der Waals surface area contributed by atoms with Gasteiger partial charge >= 0.3 is 0 Å². The third kappa shape index (κ3) is 8.75. The van der Waals surface area contributed by atoms with Crippen LogP contribution in [0.4, 0.5) is 5.69 Å². The van der Waals surface area contributed by atoms with E-state index in [1.165, 1.54) is 18.1 Å². The summed E-state index contributed by atoms with van der Waals surface area (Å²) in [5.74, 6) is 6.01. The number of aliphatic imine (C=N–C) groups is 2. The molecule has 2 fully saturated rings. The highest BCUT2D eigenvalue weighted by atomic mass is 32.2. The summed E-state index contributed by atoms with van der Waals surface area (Å²) < 4.78 is 3.48. The van der Waals surface area contributed by atoms with Crippen molar-refractivity contribution in [2.45, 2.75) is 60.6 Å². The monoisotopic (exact) mass is 521 g/mol. The van der Waals surface area contributed by atoms with Crippen molar-refractivity contribution in [3.05, 3.63) is 35.5 Å². The molecule has 0 amide bonds. The molecule has 2 aliphatic rings. The largest absolute Gasteiger partial charge is 0.404 e. The minimum Gasteiger partial charge on any atom is -0.404 e. The molecule has 2 saturated carbocycles. The zero-order chi connectivity index (χ0) is 27.5. The van der Waals surface area contributed by atoms with Gasteiger partial charge in [-0.2, -0.15) is 0 Å². The molecular formula is C27H40BN7OS. The molecule has 10 heteroatoms. The van der Waals surface area contributed by atoms with Gasteiger partial charge in [0.2, 0.25) is 0 Å². The SMILES string of the molecule is CNC.[B]C(/C(C=NC)=C/N)N(c1ccc(SNC2(C)CC2)cc1C=O)C(C#CC1(NC)CC1)CN=C. The van der Waals surface area contributed by atoms with Crippen molar-refractivity contribution in [1.82, 2.24) is 15.4 Å². The zero-order valence-electron chi connectivity index (χ0n) is 22.7. The number of aldehydes is 1. The van der Waals surface area contributed by atoms with Crippen molar-refractivity contribution in [3.8, 4) is 11.8 Å². The van der Waals surface area contributed by atoms with Crippen LogP contribution in [0.3, 0.4) is 0 Å². The fourth-order valence-electron chi connectivity index (χ4n) is 3.55. The number of hydrogen-bond acceptors (Lipinski definition) is 9. The van der Waals surface area contributed by atoms with Gasteiger partial charge in [0.25, 0.3) is 0 Å². The topological polar surface area (TPSA) is 107 Å². The van der Waals surface area contributed by atoms with E-state index >= 15 is 0 Å². The van der Waals surface area contributed by atoms with Gasteiger partial charge in [0.05, 0.1) is 12.1 Å². The fraction of sp³-hybridized carbons (Fsp3) is 0.519. The zero-order valence-corrected chi connectivity index (χ0v) is 23.5. The van der Waals surface area contributed by atoms with Gasteiger partial charge in [-0.05, 0) is 102 Å². The van der Waals surface area contributed by atoms with E-state index in [2.05, 4.69) is 50.8 Å². The molecule has 1 aromatic rings. The summed E-state index contributed by atoms with van der Waals surface area (Å²) in [7, 11) is 14.0. The van der Waals surface area contributed by atoms with E-state index in [1.807, 2.05) is 44.2 Å². The van der Waals surface area contributed by atoms with Gasteiger partial charge in [0.15, 0.2) is 6.29 Å². The summed E-state index contributed by atoms with van der Waals surface area (Å²) in [6.45, 7) is 6.19. The van der Waals surface area contributed by atoms with Gasteiger partial charge in [-0.1, -0.05) is 11.8 Å². The molecule has 0 aromatic heterocycles. The Morgan fingerprint density at radius 1 is 1.32 bits per heavy atom. The maximum absolute atomic E-state index is 12.2. The molecule has 1 aromatic carbocycles. The van der Waals surface area contributed by atoms with E-state index in [-0.39, 0.29) is 11.1 Å². The van der Waals surface area contributed by atoms with Gasteiger partial charge < -0.3 is 21.3 Å². The second-order valence-electron chi connectivity index (χ2n) is 9.53. The Balaban J connectivity index is 0.00000153. The quantitative estimate of drug-likeness (QED) is 0.110. The first-order valence-electron chi connectivity index (χ1n) is 12.4. The van der Waals surface area contributed by atoms with Crippen LogP contribution < -0.4 is 26.0 Å². The predicted molar refractivity (Wildman–Crippen MR) is 159 cm³/mol. The first-order chi connectivity index (χ1) is 17.8. The molecular weight excluding hydrogens is 481 g/mol.